The van der Waals surface area contributed by atoms with E-state index in [1.165, 1.54) is 6.92 Å². The van der Waals surface area contributed by atoms with E-state index >= 15 is 0 Å². The van der Waals surface area contributed by atoms with Crippen molar-refractivity contribution in [3.05, 3.63) is 59.7 Å². The predicted molar refractivity (Wildman–Crippen MR) is 123 cm³/mol. The fraction of sp³-hybridized carbons (Fsp3) is 0.400. The summed E-state index contributed by atoms with van der Waals surface area (Å²) in [7, 11) is 0. The number of carboxylic acids is 1. The van der Waals surface area contributed by atoms with Gasteiger partial charge in [0.2, 0.25) is 5.91 Å². The van der Waals surface area contributed by atoms with Crippen LogP contribution >= 0.6 is 0 Å². The van der Waals surface area contributed by atoms with Gasteiger partial charge in [-0.05, 0) is 34.6 Å². The molecule has 0 heterocycles. The Bertz CT molecular complexity index is 988. The molecule has 2 aromatic carbocycles. The van der Waals surface area contributed by atoms with Crippen LogP contribution in [-0.2, 0) is 14.3 Å². The summed E-state index contributed by atoms with van der Waals surface area (Å²) in [6.45, 7) is 5.19. The molecule has 0 saturated carbocycles. The van der Waals surface area contributed by atoms with Gasteiger partial charge in [0, 0.05) is 18.9 Å². The molecule has 0 unspecified atom stereocenters. The van der Waals surface area contributed by atoms with Crippen molar-refractivity contribution >= 4 is 18.0 Å². The number of benzene rings is 2. The first-order chi connectivity index (χ1) is 15.6. The van der Waals surface area contributed by atoms with Crippen LogP contribution < -0.4 is 10.6 Å². The van der Waals surface area contributed by atoms with E-state index < -0.39 is 35.5 Å². The fourth-order valence-electron chi connectivity index (χ4n) is 4.07. The van der Waals surface area contributed by atoms with Crippen LogP contribution in [0.4, 0.5) is 4.79 Å². The van der Waals surface area contributed by atoms with Gasteiger partial charge in [0.25, 0.3) is 0 Å². The van der Waals surface area contributed by atoms with Gasteiger partial charge in [0.15, 0.2) is 6.04 Å². The molecule has 8 nitrogen and oxygen atoms in total. The molecule has 176 valence electrons. The topological polar surface area (TPSA) is 125 Å². The lowest BCUT2D eigenvalue weighted by Gasteiger charge is -2.26. The maximum Gasteiger partial charge on any atom is 0.407 e. The van der Waals surface area contributed by atoms with E-state index in [2.05, 4.69) is 22.8 Å². The minimum Gasteiger partial charge on any atom is -0.480 e. The number of ether oxygens (including phenoxy) is 1. The summed E-state index contributed by atoms with van der Waals surface area (Å²) in [4.78, 5) is 35.7. The highest BCUT2D eigenvalue weighted by molar-refractivity contribution is 5.84. The third-order valence-electron chi connectivity index (χ3n) is 5.76. The number of fused-ring (bicyclic) bond motifs is 3. The summed E-state index contributed by atoms with van der Waals surface area (Å²) < 4.78 is 5.51. The average molecular weight is 455 g/mol. The Morgan fingerprint density at radius 3 is 2.09 bits per heavy atom. The van der Waals surface area contributed by atoms with Crippen LogP contribution in [0.5, 0.6) is 0 Å². The maximum absolute atomic E-state index is 12.4. The Balaban J connectivity index is 1.52. The zero-order chi connectivity index (χ0) is 24.2. The number of carboxylic acid groups (broad SMARTS) is 1. The van der Waals surface area contributed by atoms with Gasteiger partial charge in [-0.3, -0.25) is 4.79 Å². The van der Waals surface area contributed by atoms with Crippen molar-refractivity contribution in [2.45, 2.75) is 45.3 Å². The smallest absolute Gasteiger partial charge is 0.407 e. The molecule has 3 rings (SSSR count). The molecule has 1 aliphatic carbocycles. The van der Waals surface area contributed by atoms with E-state index in [1.54, 1.807) is 13.8 Å². The molecular formula is C25H30N2O6. The van der Waals surface area contributed by atoms with Crippen molar-refractivity contribution in [2.24, 2.45) is 5.41 Å². The predicted octanol–water partition coefficient (Wildman–Crippen LogP) is 2.89. The molecule has 2 aromatic rings. The van der Waals surface area contributed by atoms with E-state index in [-0.39, 0.29) is 25.5 Å². The van der Waals surface area contributed by atoms with E-state index in [4.69, 9.17) is 9.84 Å². The van der Waals surface area contributed by atoms with Crippen molar-refractivity contribution in [1.82, 2.24) is 10.6 Å². The molecule has 0 aliphatic heterocycles. The van der Waals surface area contributed by atoms with Crippen molar-refractivity contribution in [3.8, 4) is 11.1 Å². The number of aliphatic carboxylic acids is 1. The van der Waals surface area contributed by atoms with Crippen molar-refractivity contribution < 1.29 is 29.3 Å². The highest BCUT2D eigenvalue weighted by Gasteiger charge is 2.31. The highest BCUT2D eigenvalue weighted by atomic mass is 16.5. The Labute approximate surface area is 193 Å². The number of hydrogen-bond acceptors (Lipinski definition) is 5. The number of carbonyl (C=O) groups is 3. The van der Waals surface area contributed by atoms with Gasteiger partial charge in [-0.1, -0.05) is 62.4 Å². The third-order valence-corrected chi connectivity index (χ3v) is 5.76. The molecule has 4 N–H and O–H groups in total. The number of amides is 2. The fourth-order valence-corrected chi connectivity index (χ4v) is 4.07. The minimum absolute atomic E-state index is 0.0346. The largest absolute Gasteiger partial charge is 0.480 e. The Kier molecular flexibility index (Phi) is 7.38. The quantitative estimate of drug-likeness (QED) is 0.462. The highest BCUT2D eigenvalue weighted by Crippen LogP contribution is 2.44. The van der Waals surface area contributed by atoms with Gasteiger partial charge in [-0.25, -0.2) is 9.59 Å². The Morgan fingerprint density at radius 2 is 1.58 bits per heavy atom. The molecule has 0 bridgehead atoms. The number of alkyl carbamates (subject to hydrolysis) is 1. The second kappa shape index (κ2) is 10.0. The van der Waals surface area contributed by atoms with Gasteiger partial charge < -0.3 is 25.6 Å². The van der Waals surface area contributed by atoms with Crippen LogP contribution in [0.2, 0.25) is 0 Å². The first-order valence-electron chi connectivity index (χ1n) is 10.9. The second-order valence-corrected chi connectivity index (χ2v) is 9.14. The zero-order valence-electron chi connectivity index (χ0n) is 19.0. The summed E-state index contributed by atoms with van der Waals surface area (Å²) in [6, 6.07) is 14.7. The van der Waals surface area contributed by atoms with Crippen LogP contribution in [0.3, 0.4) is 0 Å². The van der Waals surface area contributed by atoms with Crippen molar-refractivity contribution in [2.75, 3.05) is 13.2 Å². The molecule has 2 atom stereocenters. The third kappa shape index (κ3) is 5.90. The number of aliphatic hydroxyl groups is 1. The van der Waals surface area contributed by atoms with Crippen molar-refractivity contribution in [3.63, 3.8) is 0 Å². The summed E-state index contributed by atoms with van der Waals surface area (Å²) in [6.07, 6.45) is -1.85. The minimum atomic E-state index is -1.39. The molecule has 0 radical (unpaired) electrons. The number of aliphatic hydroxyl groups excluding tert-OH is 1. The van der Waals surface area contributed by atoms with Crippen LogP contribution in [-0.4, -0.2) is 53.5 Å². The molecule has 0 spiro atoms. The Hall–Kier alpha value is -3.39. The monoisotopic (exact) mass is 454 g/mol. The molecule has 1 aliphatic rings. The lowest BCUT2D eigenvalue weighted by molar-refractivity contribution is -0.145. The van der Waals surface area contributed by atoms with Gasteiger partial charge in [-0.2, -0.15) is 0 Å². The van der Waals surface area contributed by atoms with E-state index in [0.29, 0.717) is 0 Å². The van der Waals surface area contributed by atoms with Gasteiger partial charge in [0.05, 0.1) is 6.10 Å². The molecule has 33 heavy (non-hydrogen) atoms. The lowest BCUT2D eigenvalue weighted by Crippen LogP contribution is -2.49. The van der Waals surface area contributed by atoms with E-state index in [9.17, 15) is 19.5 Å². The second-order valence-electron chi connectivity index (χ2n) is 9.14. The number of carbonyl (C=O) groups excluding carboxylic acids is 2. The van der Waals surface area contributed by atoms with Crippen LogP contribution in [0.1, 0.15) is 44.2 Å². The van der Waals surface area contributed by atoms with Gasteiger partial charge >= 0.3 is 12.1 Å². The Morgan fingerprint density at radius 1 is 1.03 bits per heavy atom. The summed E-state index contributed by atoms with van der Waals surface area (Å²) in [5.74, 6) is -1.88. The number of rotatable bonds is 9. The molecule has 0 saturated heterocycles. The normalized spacial score (nSPS) is 14.5. The molecule has 8 heteroatoms. The van der Waals surface area contributed by atoms with E-state index in [0.717, 1.165) is 22.3 Å². The molecule has 0 fully saturated rings. The number of nitrogens with one attached hydrogen (secondary N) is 2. The van der Waals surface area contributed by atoms with Gasteiger partial charge in [0.1, 0.15) is 6.61 Å². The maximum atomic E-state index is 12.4. The zero-order valence-corrected chi connectivity index (χ0v) is 19.0. The van der Waals surface area contributed by atoms with Crippen LogP contribution in [0.25, 0.3) is 11.1 Å². The summed E-state index contributed by atoms with van der Waals surface area (Å²) >= 11 is 0. The van der Waals surface area contributed by atoms with Crippen LogP contribution in [0, 0.1) is 5.41 Å². The molecule has 2 amide bonds. The molecule has 0 aromatic heterocycles. The lowest BCUT2D eigenvalue weighted by atomic mass is 9.88. The average Bonchev–Trinajstić information content (AvgIpc) is 3.08. The summed E-state index contributed by atoms with van der Waals surface area (Å²) in [5.41, 5.74) is 3.87. The summed E-state index contributed by atoms with van der Waals surface area (Å²) in [5, 5.41) is 23.6. The first kappa shape index (κ1) is 24.3. The first-order valence-corrected chi connectivity index (χ1v) is 10.9. The van der Waals surface area contributed by atoms with Crippen molar-refractivity contribution in [1.29, 1.82) is 0 Å². The standard InChI is InChI=1S/C25H30N2O6/c1-15(28)22(23(30)31)27-21(29)12-25(2,3)14-26-24(32)33-13-20-18-10-6-4-8-16(18)17-9-5-7-11-19(17)20/h4-11,15,20,22,28H,12-14H2,1-3H3,(H,26,32)(H,27,29)(H,30,31)/t15-,22+/m1/s1. The number of hydrogen-bond donors (Lipinski definition) is 4. The SMILES string of the molecule is C[C@@H](O)[C@H](NC(=O)CC(C)(C)CNC(=O)OCC1c2ccccc2-c2ccccc21)C(=O)O. The van der Waals surface area contributed by atoms with E-state index in [1.807, 2.05) is 36.4 Å². The molecular weight excluding hydrogens is 424 g/mol. The van der Waals surface area contributed by atoms with Crippen LogP contribution in [0.15, 0.2) is 48.5 Å². The van der Waals surface area contributed by atoms with Gasteiger partial charge in [-0.15, -0.1) is 0 Å².